The van der Waals surface area contributed by atoms with Crippen molar-refractivity contribution >= 4 is 45.0 Å². The summed E-state index contributed by atoms with van der Waals surface area (Å²) in [4.78, 5) is 25.4. The number of anilines is 2. The van der Waals surface area contributed by atoms with E-state index in [0.717, 1.165) is 10.5 Å². The zero-order chi connectivity index (χ0) is 23.7. The van der Waals surface area contributed by atoms with Crippen molar-refractivity contribution < 1.29 is 22.5 Å². The minimum Gasteiger partial charge on any atom is -0.356 e. The molecular weight excluding hydrogens is 476 g/mol. The minimum atomic E-state index is -3.72. The summed E-state index contributed by atoms with van der Waals surface area (Å²) >= 11 is 1.38. The Morgan fingerprint density at radius 1 is 1.12 bits per heavy atom. The molecule has 1 fully saturated rings. The largest absolute Gasteiger partial charge is 0.356 e. The van der Waals surface area contributed by atoms with Crippen LogP contribution in [0.2, 0.25) is 0 Å². The topological polar surface area (TPSA) is 122 Å². The molecule has 3 aromatic rings. The van der Waals surface area contributed by atoms with Crippen LogP contribution in [0.5, 0.6) is 0 Å². The van der Waals surface area contributed by atoms with Crippen molar-refractivity contribution in [1.29, 1.82) is 0 Å². The number of rotatable bonds is 5. The monoisotopic (exact) mass is 498 g/mol. The lowest BCUT2D eigenvalue weighted by atomic mass is 9.97. The number of thioether (sulfide) groups is 1. The van der Waals surface area contributed by atoms with Gasteiger partial charge in [0, 0.05) is 41.2 Å². The summed E-state index contributed by atoms with van der Waals surface area (Å²) in [6.45, 7) is 0.506. The fourth-order valence-corrected chi connectivity index (χ4v) is 6.34. The summed E-state index contributed by atoms with van der Waals surface area (Å²) in [5.41, 5.74) is 2.04. The Kier molecular flexibility index (Phi) is 6.15. The Balaban J connectivity index is 1.20. The summed E-state index contributed by atoms with van der Waals surface area (Å²) in [6, 6.07) is 13.8. The lowest BCUT2D eigenvalue weighted by Gasteiger charge is -2.31. The number of amides is 2. The zero-order valence-corrected chi connectivity index (χ0v) is 19.7. The van der Waals surface area contributed by atoms with E-state index >= 15 is 0 Å². The van der Waals surface area contributed by atoms with Crippen LogP contribution in [0.1, 0.15) is 12.8 Å². The van der Waals surface area contributed by atoms with Gasteiger partial charge in [-0.25, -0.2) is 8.42 Å². The van der Waals surface area contributed by atoms with Crippen molar-refractivity contribution in [1.82, 2.24) is 9.46 Å². The van der Waals surface area contributed by atoms with Gasteiger partial charge in [0.15, 0.2) is 5.76 Å². The van der Waals surface area contributed by atoms with Crippen molar-refractivity contribution in [2.75, 3.05) is 29.5 Å². The van der Waals surface area contributed by atoms with Gasteiger partial charge < -0.3 is 15.2 Å². The van der Waals surface area contributed by atoms with Crippen molar-refractivity contribution in [2.24, 2.45) is 5.92 Å². The summed E-state index contributed by atoms with van der Waals surface area (Å²) in [5, 5.41) is 9.33. The van der Waals surface area contributed by atoms with Gasteiger partial charge in [-0.2, -0.15) is 4.31 Å². The molecule has 0 radical (unpaired) electrons. The lowest BCUT2D eigenvalue weighted by molar-refractivity contribution is -0.121. The third-order valence-corrected chi connectivity index (χ3v) is 8.89. The van der Waals surface area contributed by atoms with Crippen LogP contribution in [0.3, 0.4) is 0 Å². The van der Waals surface area contributed by atoms with E-state index in [-0.39, 0.29) is 35.7 Å². The second-order valence-electron chi connectivity index (χ2n) is 8.12. The highest BCUT2D eigenvalue weighted by Crippen LogP contribution is 2.34. The third kappa shape index (κ3) is 4.59. The van der Waals surface area contributed by atoms with Crippen molar-refractivity contribution in [2.45, 2.75) is 22.6 Å². The van der Waals surface area contributed by atoms with Gasteiger partial charge in [-0.05, 0) is 55.3 Å². The Bertz CT molecular complexity index is 1320. The molecule has 2 N–H and O–H groups in total. The van der Waals surface area contributed by atoms with Gasteiger partial charge in [-0.3, -0.25) is 9.59 Å². The van der Waals surface area contributed by atoms with Crippen LogP contribution in [0.15, 0.2) is 69.0 Å². The average molecular weight is 499 g/mol. The van der Waals surface area contributed by atoms with Crippen LogP contribution in [0.25, 0.3) is 11.3 Å². The van der Waals surface area contributed by atoms with Crippen LogP contribution in [-0.2, 0) is 19.6 Å². The number of nitrogens with zero attached hydrogens (tertiary/aromatic N) is 2. The van der Waals surface area contributed by atoms with Crippen LogP contribution in [0, 0.1) is 5.92 Å². The maximum absolute atomic E-state index is 13.1. The molecule has 176 valence electrons. The first-order chi connectivity index (χ1) is 16.4. The second-order valence-corrected chi connectivity index (χ2v) is 11.1. The van der Waals surface area contributed by atoms with E-state index in [0.29, 0.717) is 35.7 Å². The van der Waals surface area contributed by atoms with E-state index in [9.17, 15) is 18.0 Å². The number of piperidine rings is 1. The molecule has 2 amide bonds. The molecule has 11 heteroatoms. The highest BCUT2D eigenvalue weighted by molar-refractivity contribution is 8.00. The van der Waals surface area contributed by atoms with Gasteiger partial charge in [0.1, 0.15) is 0 Å². The van der Waals surface area contributed by atoms with Crippen molar-refractivity contribution in [3.63, 3.8) is 0 Å². The zero-order valence-electron chi connectivity index (χ0n) is 18.1. The smallest absolute Gasteiger partial charge is 0.243 e. The normalized spacial score (nSPS) is 17.1. The molecule has 0 bridgehead atoms. The van der Waals surface area contributed by atoms with Gasteiger partial charge in [0.25, 0.3) is 0 Å². The number of sulfonamides is 1. The Morgan fingerprint density at radius 3 is 2.59 bits per heavy atom. The predicted octanol–water partition coefficient (Wildman–Crippen LogP) is 3.43. The van der Waals surface area contributed by atoms with Gasteiger partial charge in [0.05, 0.1) is 22.5 Å². The Labute approximate surface area is 200 Å². The molecule has 0 atom stereocenters. The predicted molar refractivity (Wildman–Crippen MR) is 128 cm³/mol. The number of hydrogen-bond donors (Lipinski definition) is 2. The molecule has 5 rings (SSSR count). The highest BCUT2D eigenvalue weighted by Gasteiger charge is 2.33. The lowest BCUT2D eigenvalue weighted by Crippen LogP contribution is -2.41. The second kappa shape index (κ2) is 9.24. The number of carbonyl (C=O) groups excluding carboxylic acids is 2. The molecule has 2 aliphatic rings. The standard InChI is InChI=1S/C23H22N4O5S2/c28-22-14-33-21-6-5-18(13-19(21)26-22)34(30,31)27-11-8-16(9-12-27)23(29)25-17-3-1-15(2-4-17)20-7-10-24-32-20/h1-7,10,13,16H,8-9,11-12,14H2,(H,25,29)(H,26,28). The average Bonchev–Trinajstić information content (AvgIpc) is 3.39. The fourth-order valence-electron chi connectivity index (χ4n) is 4.06. The van der Waals surface area contributed by atoms with E-state index < -0.39 is 10.0 Å². The van der Waals surface area contributed by atoms with Crippen LogP contribution in [-0.4, -0.2) is 48.5 Å². The molecule has 1 aromatic heterocycles. The maximum Gasteiger partial charge on any atom is 0.243 e. The van der Waals surface area contributed by atoms with E-state index in [1.54, 1.807) is 36.5 Å². The summed E-state index contributed by atoms with van der Waals surface area (Å²) in [7, 11) is -3.72. The summed E-state index contributed by atoms with van der Waals surface area (Å²) < 4.78 is 32.8. The fraction of sp³-hybridized carbons (Fsp3) is 0.261. The van der Waals surface area contributed by atoms with E-state index in [2.05, 4.69) is 15.8 Å². The van der Waals surface area contributed by atoms with Crippen LogP contribution >= 0.6 is 11.8 Å². The van der Waals surface area contributed by atoms with E-state index in [4.69, 9.17) is 4.52 Å². The molecule has 3 heterocycles. The van der Waals surface area contributed by atoms with E-state index in [1.165, 1.54) is 22.1 Å². The first kappa shape index (κ1) is 22.6. The number of aromatic nitrogens is 1. The molecule has 0 unspecified atom stereocenters. The number of hydrogen-bond acceptors (Lipinski definition) is 7. The molecule has 2 aliphatic heterocycles. The molecule has 2 aromatic carbocycles. The number of benzene rings is 2. The quantitative estimate of drug-likeness (QED) is 0.553. The third-order valence-electron chi connectivity index (χ3n) is 5.92. The number of fused-ring (bicyclic) bond motifs is 1. The molecule has 9 nitrogen and oxygen atoms in total. The SMILES string of the molecule is O=C1CSc2ccc(S(=O)(=O)N3CCC(C(=O)Nc4ccc(-c5ccno5)cc4)CC3)cc2N1. The van der Waals surface area contributed by atoms with Crippen LogP contribution < -0.4 is 10.6 Å². The first-order valence-corrected chi connectivity index (χ1v) is 13.2. The van der Waals surface area contributed by atoms with Gasteiger partial charge in [0.2, 0.25) is 21.8 Å². The minimum absolute atomic E-state index is 0.127. The van der Waals surface area contributed by atoms with Crippen molar-refractivity contribution in [3.05, 3.63) is 54.7 Å². The Morgan fingerprint density at radius 2 is 1.88 bits per heavy atom. The molecule has 0 saturated carbocycles. The summed E-state index contributed by atoms with van der Waals surface area (Å²) in [5.74, 6) is 0.413. The van der Waals surface area contributed by atoms with Gasteiger partial charge >= 0.3 is 0 Å². The highest BCUT2D eigenvalue weighted by atomic mass is 32.2. The Hall–Kier alpha value is -3.15. The summed E-state index contributed by atoms with van der Waals surface area (Å²) in [6.07, 6.45) is 2.43. The molecule has 0 aliphatic carbocycles. The molecule has 34 heavy (non-hydrogen) atoms. The number of nitrogens with one attached hydrogen (secondary N) is 2. The first-order valence-electron chi connectivity index (χ1n) is 10.8. The van der Waals surface area contributed by atoms with Crippen molar-refractivity contribution in [3.8, 4) is 11.3 Å². The van der Waals surface area contributed by atoms with Gasteiger partial charge in [-0.1, -0.05) is 5.16 Å². The molecular formula is C23H22N4O5S2. The van der Waals surface area contributed by atoms with Crippen LogP contribution in [0.4, 0.5) is 11.4 Å². The maximum atomic E-state index is 13.1. The number of carbonyl (C=O) groups is 2. The molecule has 1 saturated heterocycles. The molecule has 0 spiro atoms. The van der Waals surface area contributed by atoms with Gasteiger partial charge in [-0.15, -0.1) is 11.8 Å². The van der Waals surface area contributed by atoms with E-state index in [1.807, 2.05) is 12.1 Å².